The molecule has 0 spiro atoms. The third-order valence-electron chi connectivity index (χ3n) is 1.87. The van der Waals surface area contributed by atoms with Gasteiger partial charge in [-0.3, -0.25) is 14.9 Å². The van der Waals surface area contributed by atoms with Gasteiger partial charge in [0.05, 0.1) is 4.92 Å². The van der Waals surface area contributed by atoms with Crippen molar-refractivity contribution in [1.29, 1.82) is 0 Å². The number of carbonyl (C=O) groups is 1. The number of amides is 1. The van der Waals surface area contributed by atoms with Gasteiger partial charge in [-0.2, -0.15) is 13.2 Å². The van der Waals surface area contributed by atoms with Crippen LogP contribution in [0.25, 0.3) is 0 Å². The van der Waals surface area contributed by atoms with Gasteiger partial charge in [-0.05, 0) is 12.1 Å². The van der Waals surface area contributed by atoms with Crippen molar-refractivity contribution in [2.45, 2.75) is 6.18 Å². The van der Waals surface area contributed by atoms with Crippen LogP contribution in [-0.2, 0) is 0 Å². The molecule has 0 saturated heterocycles. The van der Waals surface area contributed by atoms with Gasteiger partial charge in [-0.15, -0.1) is 0 Å². The summed E-state index contributed by atoms with van der Waals surface area (Å²) < 4.78 is 35.6. The molecule has 1 rings (SSSR count). The Bertz CT molecular complexity index is 487. The summed E-state index contributed by atoms with van der Waals surface area (Å²) >= 11 is 0. The summed E-state index contributed by atoms with van der Waals surface area (Å²) in [6.45, 7) is -1.61. The molecule has 18 heavy (non-hydrogen) atoms. The van der Waals surface area contributed by atoms with Gasteiger partial charge in [0, 0.05) is 6.07 Å². The third kappa shape index (κ3) is 3.61. The van der Waals surface area contributed by atoms with Crippen molar-refractivity contribution in [2.75, 3.05) is 6.54 Å². The Hall–Kier alpha value is -2.32. The van der Waals surface area contributed by atoms with E-state index in [9.17, 15) is 28.1 Å². The first kappa shape index (κ1) is 13.7. The van der Waals surface area contributed by atoms with Gasteiger partial charge in [0.1, 0.15) is 17.9 Å². The summed E-state index contributed by atoms with van der Waals surface area (Å²) in [5.41, 5.74) is -1.32. The zero-order chi connectivity index (χ0) is 13.9. The van der Waals surface area contributed by atoms with Gasteiger partial charge in [0.25, 0.3) is 11.6 Å². The number of benzene rings is 1. The highest BCUT2D eigenvalue weighted by molar-refractivity contribution is 5.98. The molecule has 9 heteroatoms. The van der Waals surface area contributed by atoms with Gasteiger partial charge >= 0.3 is 6.18 Å². The van der Waals surface area contributed by atoms with Crippen LogP contribution in [0.5, 0.6) is 5.75 Å². The molecule has 0 aliphatic rings. The third-order valence-corrected chi connectivity index (χ3v) is 1.87. The summed E-state index contributed by atoms with van der Waals surface area (Å²) in [5.74, 6) is -1.74. The average Bonchev–Trinajstić information content (AvgIpc) is 2.24. The first-order valence-electron chi connectivity index (χ1n) is 4.53. The summed E-state index contributed by atoms with van der Waals surface area (Å²) in [6.07, 6.45) is -4.62. The van der Waals surface area contributed by atoms with Crippen LogP contribution in [0.15, 0.2) is 18.2 Å². The normalized spacial score (nSPS) is 11.1. The standard InChI is InChI=1S/C9H7F3N2O4/c10-9(11,12)4-13-8(16)6-3-5(15)1-2-7(6)14(17)18/h1-3,15H,4H2,(H,13,16). The molecule has 98 valence electrons. The molecule has 0 saturated carbocycles. The van der Waals surface area contributed by atoms with Crippen LogP contribution in [0.3, 0.4) is 0 Å². The molecule has 0 unspecified atom stereocenters. The number of aromatic hydroxyl groups is 1. The molecular formula is C9H7F3N2O4. The van der Waals surface area contributed by atoms with Crippen LogP contribution in [0.1, 0.15) is 10.4 Å². The molecule has 6 nitrogen and oxygen atoms in total. The molecule has 0 aromatic heterocycles. The van der Waals surface area contributed by atoms with E-state index in [0.717, 1.165) is 18.2 Å². The molecule has 2 N–H and O–H groups in total. The van der Waals surface area contributed by atoms with Crippen LogP contribution in [0.2, 0.25) is 0 Å². The van der Waals surface area contributed by atoms with Crippen molar-refractivity contribution in [1.82, 2.24) is 5.32 Å². The predicted molar refractivity (Wildman–Crippen MR) is 53.1 cm³/mol. The number of hydrogen-bond acceptors (Lipinski definition) is 4. The molecule has 0 bridgehead atoms. The average molecular weight is 264 g/mol. The van der Waals surface area contributed by atoms with Gasteiger partial charge in [0.2, 0.25) is 0 Å². The number of carbonyl (C=O) groups excluding carboxylic acids is 1. The summed E-state index contributed by atoms with van der Waals surface area (Å²) in [7, 11) is 0. The van der Waals surface area contributed by atoms with E-state index in [4.69, 9.17) is 5.11 Å². The number of nitrogens with zero attached hydrogens (tertiary/aromatic N) is 1. The lowest BCUT2D eigenvalue weighted by atomic mass is 10.1. The SMILES string of the molecule is O=C(NCC(F)(F)F)c1cc(O)ccc1[N+](=O)[O-]. The highest BCUT2D eigenvalue weighted by Gasteiger charge is 2.29. The van der Waals surface area contributed by atoms with E-state index in [1.165, 1.54) is 5.32 Å². The van der Waals surface area contributed by atoms with Crippen LogP contribution in [-0.4, -0.2) is 28.7 Å². The molecule has 1 aromatic carbocycles. The highest BCUT2D eigenvalue weighted by Crippen LogP contribution is 2.23. The fourth-order valence-corrected chi connectivity index (χ4v) is 1.14. The number of halogens is 3. The van der Waals surface area contributed by atoms with E-state index >= 15 is 0 Å². The van der Waals surface area contributed by atoms with Crippen LogP contribution in [0, 0.1) is 10.1 Å². The summed E-state index contributed by atoms with van der Waals surface area (Å²) in [6, 6.07) is 2.51. The maximum absolute atomic E-state index is 11.9. The fourth-order valence-electron chi connectivity index (χ4n) is 1.14. The Kier molecular flexibility index (Phi) is 3.74. The summed E-state index contributed by atoms with van der Waals surface area (Å²) in [5, 5.41) is 21.1. The lowest BCUT2D eigenvalue weighted by molar-refractivity contribution is -0.385. The number of phenols is 1. The van der Waals surface area contributed by atoms with Crippen molar-refractivity contribution in [3.05, 3.63) is 33.9 Å². The predicted octanol–water partition coefficient (Wildman–Crippen LogP) is 1.59. The van der Waals surface area contributed by atoms with Crippen LogP contribution in [0.4, 0.5) is 18.9 Å². The molecule has 1 amide bonds. The first-order chi connectivity index (χ1) is 8.20. The number of nitro benzene ring substituents is 1. The van der Waals surface area contributed by atoms with Crippen molar-refractivity contribution < 1.29 is 28.0 Å². The minimum absolute atomic E-state index is 0.460. The Labute approximate surface area is 98.2 Å². The lowest BCUT2D eigenvalue weighted by Crippen LogP contribution is -2.34. The minimum atomic E-state index is -4.62. The number of hydrogen-bond donors (Lipinski definition) is 2. The maximum Gasteiger partial charge on any atom is 0.405 e. The Morgan fingerprint density at radius 1 is 1.44 bits per heavy atom. The van der Waals surface area contributed by atoms with Gasteiger partial charge in [0.15, 0.2) is 0 Å². The molecule has 0 aliphatic heterocycles. The summed E-state index contributed by atoms with van der Waals surface area (Å²) in [4.78, 5) is 21.0. The van der Waals surface area contributed by atoms with E-state index in [2.05, 4.69) is 0 Å². The van der Waals surface area contributed by atoms with Crippen LogP contribution < -0.4 is 5.32 Å². The van der Waals surface area contributed by atoms with E-state index in [1.54, 1.807) is 0 Å². The Morgan fingerprint density at radius 2 is 2.06 bits per heavy atom. The van der Waals surface area contributed by atoms with E-state index < -0.39 is 40.6 Å². The number of alkyl halides is 3. The van der Waals surface area contributed by atoms with Gasteiger partial charge < -0.3 is 10.4 Å². The quantitative estimate of drug-likeness (QED) is 0.640. The zero-order valence-corrected chi connectivity index (χ0v) is 8.69. The van der Waals surface area contributed by atoms with Gasteiger partial charge in [-0.25, -0.2) is 0 Å². The fraction of sp³-hybridized carbons (Fsp3) is 0.222. The zero-order valence-electron chi connectivity index (χ0n) is 8.69. The largest absolute Gasteiger partial charge is 0.508 e. The molecule has 0 atom stereocenters. The number of nitrogens with one attached hydrogen (secondary N) is 1. The highest BCUT2D eigenvalue weighted by atomic mass is 19.4. The topological polar surface area (TPSA) is 92.5 Å². The smallest absolute Gasteiger partial charge is 0.405 e. The van der Waals surface area contributed by atoms with Crippen LogP contribution >= 0.6 is 0 Å². The number of nitro groups is 1. The number of rotatable bonds is 3. The second kappa shape index (κ2) is 4.90. The first-order valence-corrected chi connectivity index (χ1v) is 4.53. The van der Waals surface area contributed by atoms with Crippen molar-refractivity contribution in [3.63, 3.8) is 0 Å². The molecular weight excluding hydrogens is 257 g/mol. The second-order valence-electron chi connectivity index (χ2n) is 3.26. The lowest BCUT2D eigenvalue weighted by Gasteiger charge is -2.08. The second-order valence-corrected chi connectivity index (χ2v) is 3.26. The Balaban J connectivity index is 2.97. The Morgan fingerprint density at radius 3 is 2.56 bits per heavy atom. The number of phenolic OH excluding ortho intramolecular Hbond substituents is 1. The molecule has 0 heterocycles. The monoisotopic (exact) mass is 264 g/mol. The molecule has 1 aromatic rings. The minimum Gasteiger partial charge on any atom is -0.508 e. The van der Waals surface area contributed by atoms with Crippen molar-refractivity contribution in [3.8, 4) is 5.75 Å². The maximum atomic E-state index is 11.9. The van der Waals surface area contributed by atoms with Crippen molar-refractivity contribution >= 4 is 11.6 Å². The van der Waals surface area contributed by atoms with E-state index in [-0.39, 0.29) is 0 Å². The molecule has 0 fully saturated rings. The molecule has 0 radical (unpaired) electrons. The van der Waals surface area contributed by atoms with Crippen molar-refractivity contribution in [2.24, 2.45) is 0 Å². The van der Waals surface area contributed by atoms with Gasteiger partial charge in [-0.1, -0.05) is 0 Å². The van der Waals surface area contributed by atoms with E-state index in [0.29, 0.717) is 0 Å². The van der Waals surface area contributed by atoms with E-state index in [1.807, 2.05) is 0 Å². The molecule has 0 aliphatic carbocycles.